The Kier molecular flexibility index (Phi) is 4.81. The molecule has 7 heteroatoms. The van der Waals surface area contributed by atoms with Crippen molar-refractivity contribution in [3.8, 4) is 0 Å². The molecule has 0 unspecified atom stereocenters. The maximum atomic E-state index is 13.2. The Labute approximate surface area is 161 Å². The number of halogens is 2. The number of hydrogen-bond acceptors (Lipinski definition) is 3. The van der Waals surface area contributed by atoms with Crippen molar-refractivity contribution in [3.05, 3.63) is 65.6 Å². The third-order valence-corrected chi connectivity index (χ3v) is 4.98. The van der Waals surface area contributed by atoms with Crippen LogP contribution in [-0.2, 0) is 0 Å². The second kappa shape index (κ2) is 7.40. The zero-order valence-electron chi connectivity index (χ0n) is 14.5. The van der Waals surface area contributed by atoms with Gasteiger partial charge in [-0.3, -0.25) is 4.98 Å². The lowest BCUT2D eigenvalue weighted by Crippen LogP contribution is -2.50. The molecule has 2 aromatic carbocycles. The molecule has 1 N–H and O–H groups in total. The van der Waals surface area contributed by atoms with Gasteiger partial charge in [0.05, 0.1) is 16.2 Å². The minimum atomic E-state index is -0.507. The molecule has 3 aromatic rings. The van der Waals surface area contributed by atoms with E-state index in [1.165, 1.54) is 18.2 Å². The van der Waals surface area contributed by atoms with Crippen molar-refractivity contribution in [1.82, 2.24) is 9.88 Å². The van der Waals surface area contributed by atoms with Gasteiger partial charge in [0.2, 0.25) is 0 Å². The van der Waals surface area contributed by atoms with Crippen LogP contribution >= 0.6 is 11.6 Å². The number of pyridine rings is 1. The molecule has 1 aromatic heterocycles. The first-order chi connectivity index (χ1) is 13.1. The molecule has 1 fully saturated rings. The van der Waals surface area contributed by atoms with Gasteiger partial charge in [0.1, 0.15) is 5.82 Å². The summed E-state index contributed by atoms with van der Waals surface area (Å²) in [5.74, 6) is -0.507. The van der Waals surface area contributed by atoms with Gasteiger partial charge in [-0.15, -0.1) is 0 Å². The predicted molar refractivity (Wildman–Crippen MR) is 106 cm³/mol. The first-order valence-corrected chi connectivity index (χ1v) is 9.09. The van der Waals surface area contributed by atoms with Crippen LogP contribution in [0.15, 0.2) is 54.7 Å². The molecule has 1 aliphatic heterocycles. The van der Waals surface area contributed by atoms with Crippen LogP contribution < -0.4 is 10.2 Å². The maximum absolute atomic E-state index is 13.2. The molecule has 0 bridgehead atoms. The highest BCUT2D eigenvalue weighted by Crippen LogP contribution is 2.26. The predicted octanol–water partition coefficient (Wildman–Crippen LogP) is 4.38. The van der Waals surface area contributed by atoms with E-state index in [0.29, 0.717) is 31.9 Å². The molecule has 4 rings (SSSR count). The fraction of sp³-hybridized carbons (Fsp3) is 0.200. The van der Waals surface area contributed by atoms with Gasteiger partial charge < -0.3 is 15.1 Å². The van der Waals surface area contributed by atoms with Gasteiger partial charge in [0.25, 0.3) is 0 Å². The summed E-state index contributed by atoms with van der Waals surface area (Å²) in [6.45, 7) is 2.61. The van der Waals surface area contributed by atoms with Gasteiger partial charge >= 0.3 is 6.03 Å². The Hall–Kier alpha value is -2.86. The number of para-hydroxylation sites is 1. The fourth-order valence-electron chi connectivity index (χ4n) is 3.27. The van der Waals surface area contributed by atoms with Gasteiger partial charge in [0.15, 0.2) is 0 Å². The maximum Gasteiger partial charge on any atom is 0.321 e. The second-order valence-electron chi connectivity index (χ2n) is 6.39. The van der Waals surface area contributed by atoms with Gasteiger partial charge in [-0.05, 0) is 30.3 Å². The Morgan fingerprint density at radius 1 is 1.07 bits per heavy atom. The zero-order valence-corrected chi connectivity index (χ0v) is 15.3. The number of aromatic nitrogens is 1. The second-order valence-corrected chi connectivity index (χ2v) is 6.79. The van der Waals surface area contributed by atoms with E-state index in [9.17, 15) is 9.18 Å². The van der Waals surface area contributed by atoms with Crippen molar-refractivity contribution in [1.29, 1.82) is 0 Å². The first kappa shape index (κ1) is 17.5. The zero-order chi connectivity index (χ0) is 18.8. The summed E-state index contributed by atoms with van der Waals surface area (Å²) in [4.78, 5) is 21.0. The van der Waals surface area contributed by atoms with Crippen molar-refractivity contribution in [3.63, 3.8) is 0 Å². The van der Waals surface area contributed by atoms with E-state index in [0.717, 1.165) is 16.6 Å². The topological polar surface area (TPSA) is 48.5 Å². The van der Waals surface area contributed by atoms with E-state index in [4.69, 9.17) is 11.6 Å². The molecule has 1 saturated heterocycles. The Morgan fingerprint density at radius 3 is 2.63 bits per heavy atom. The number of amides is 2. The van der Waals surface area contributed by atoms with E-state index in [2.05, 4.69) is 21.3 Å². The lowest BCUT2D eigenvalue weighted by atomic mass is 10.1. The molecule has 138 valence electrons. The highest BCUT2D eigenvalue weighted by Gasteiger charge is 2.22. The number of carbonyl (C=O) groups is 1. The Bertz CT molecular complexity index is 983. The summed E-state index contributed by atoms with van der Waals surface area (Å²) in [5, 5.41) is 3.86. The van der Waals surface area contributed by atoms with Gasteiger partial charge in [-0.2, -0.15) is 0 Å². The fourth-order valence-corrected chi connectivity index (χ4v) is 3.45. The Morgan fingerprint density at radius 2 is 1.85 bits per heavy atom. The van der Waals surface area contributed by atoms with E-state index in [1.54, 1.807) is 11.1 Å². The van der Waals surface area contributed by atoms with Crippen LogP contribution in [0.25, 0.3) is 10.9 Å². The number of rotatable bonds is 2. The number of anilines is 2. The largest absolute Gasteiger partial charge is 0.366 e. The molecule has 0 atom stereocenters. The lowest BCUT2D eigenvalue weighted by Gasteiger charge is -2.36. The normalized spacial score (nSPS) is 14.4. The Balaban J connectivity index is 1.42. The quantitative estimate of drug-likeness (QED) is 0.713. The summed E-state index contributed by atoms with van der Waals surface area (Å²) in [7, 11) is 0. The molecule has 0 saturated carbocycles. The van der Waals surface area contributed by atoms with Crippen LogP contribution in [0.3, 0.4) is 0 Å². The van der Waals surface area contributed by atoms with E-state index in [1.807, 2.05) is 24.3 Å². The van der Waals surface area contributed by atoms with Gasteiger partial charge in [0, 0.05) is 43.4 Å². The number of benzene rings is 2. The minimum Gasteiger partial charge on any atom is -0.366 e. The molecule has 2 amide bonds. The first-order valence-electron chi connectivity index (χ1n) is 8.71. The molecule has 27 heavy (non-hydrogen) atoms. The molecule has 0 radical (unpaired) electrons. The third-order valence-electron chi connectivity index (χ3n) is 4.69. The standard InChI is InChI=1S/C20H18ClFN4O/c21-16-13-15(6-7-17(16)22)24-20(27)26-11-9-25(10-12-26)18-5-1-3-14-4-2-8-23-19(14)18/h1-8,13H,9-12H2,(H,24,27). The smallest absolute Gasteiger partial charge is 0.321 e. The van der Waals surface area contributed by atoms with Crippen molar-refractivity contribution < 1.29 is 9.18 Å². The molecule has 5 nitrogen and oxygen atoms in total. The van der Waals surface area contributed by atoms with Gasteiger partial charge in [-0.25, -0.2) is 9.18 Å². The molecule has 1 aliphatic rings. The average Bonchev–Trinajstić information content (AvgIpc) is 2.70. The number of carbonyl (C=O) groups excluding carboxylic acids is 1. The van der Waals surface area contributed by atoms with Crippen LogP contribution in [0, 0.1) is 5.82 Å². The summed E-state index contributed by atoms with van der Waals surface area (Å²) < 4.78 is 13.2. The SMILES string of the molecule is O=C(Nc1ccc(F)c(Cl)c1)N1CCN(c2cccc3cccnc23)CC1. The molecule has 2 heterocycles. The molecular weight excluding hydrogens is 367 g/mol. The third kappa shape index (κ3) is 3.66. The molecule has 0 spiro atoms. The number of hydrogen-bond donors (Lipinski definition) is 1. The van der Waals surface area contributed by atoms with E-state index in [-0.39, 0.29) is 11.1 Å². The van der Waals surface area contributed by atoms with Crippen LogP contribution in [-0.4, -0.2) is 42.1 Å². The van der Waals surface area contributed by atoms with E-state index < -0.39 is 5.82 Å². The highest BCUT2D eigenvalue weighted by molar-refractivity contribution is 6.31. The summed E-state index contributed by atoms with van der Waals surface area (Å²) in [6, 6.07) is 14.0. The molecular formula is C20H18ClFN4O. The lowest BCUT2D eigenvalue weighted by molar-refractivity contribution is 0.208. The van der Waals surface area contributed by atoms with Crippen LogP contribution in [0.4, 0.5) is 20.6 Å². The number of urea groups is 1. The number of fused-ring (bicyclic) bond motifs is 1. The number of piperazine rings is 1. The van der Waals surface area contributed by atoms with Crippen LogP contribution in [0.5, 0.6) is 0 Å². The molecule has 0 aliphatic carbocycles. The van der Waals surface area contributed by atoms with Gasteiger partial charge in [-0.1, -0.05) is 29.8 Å². The van der Waals surface area contributed by atoms with Crippen LogP contribution in [0.2, 0.25) is 5.02 Å². The van der Waals surface area contributed by atoms with Crippen molar-refractivity contribution in [2.24, 2.45) is 0 Å². The number of nitrogens with zero attached hydrogens (tertiary/aromatic N) is 3. The van der Waals surface area contributed by atoms with E-state index >= 15 is 0 Å². The minimum absolute atomic E-state index is 0.0129. The summed E-state index contributed by atoms with van der Waals surface area (Å²) in [5.41, 5.74) is 2.53. The average molecular weight is 385 g/mol. The van der Waals surface area contributed by atoms with Crippen LogP contribution in [0.1, 0.15) is 0 Å². The van der Waals surface area contributed by atoms with Crippen molar-refractivity contribution >= 4 is 39.9 Å². The highest BCUT2D eigenvalue weighted by atomic mass is 35.5. The van der Waals surface area contributed by atoms with Crippen molar-refractivity contribution in [2.75, 3.05) is 36.4 Å². The summed E-state index contributed by atoms with van der Waals surface area (Å²) in [6.07, 6.45) is 1.79. The van der Waals surface area contributed by atoms with Crippen molar-refractivity contribution in [2.45, 2.75) is 0 Å². The number of nitrogens with one attached hydrogen (secondary N) is 1. The monoisotopic (exact) mass is 384 g/mol. The summed E-state index contributed by atoms with van der Waals surface area (Å²) >= 11 is 5.77.